The Bertz CT molecular complexity index is 568. The van der Waals surface area contributed by atoms with Gasteiger partial charge < -0.3 is 0 Å². The highest BCUT2D eigenvalue weighted by Crippen LogP contribution is 2.19. The Labute approximate surface area is 112 Å². The minimum absolute atomic E-state index is 0.0849. The van der Waals surface area contributed by atoms with Crippen LogP contribution in [0.3, 0.4) is 0 Å². The minimum Gasteiger partial charge on any atom is -0.258 e. The van der Waals surface area contributed by atoms with Crippen molar-refractivity contribution in [3.8, 4) is 0 Å². The molecule has 94 valence electrons. The van der Waals surface area contributed by atoms with E-state index in [1.54, 1.807) is 16.8 Å². The highest BCUT2D eigenvalue weighted by Gasteiger charge is 2.09. The third-order valence-corrected chi connectivity index (χ3v) is 2.90. The maximum Gasteiger partial charge on any atom is 0.269 e. The van der Waals surface area contributed by atoms with Gasteiger partial charge in [-0.05, 0) is 12.5 Å². The minimum atomic E-state index is -0.406. The zero-order chi connectivity index (χ0) is 13.1. The Morgan fingerprint density at radius 2 is 2.33 bits per heavy atom. The van der Waals surface area contributed by atoms with Crippen molar-refractivity contribution in [2.45, 2.75) is 18.3 Å². The fraction of sp³-hybridized carbons (Fsp3) is 0.273. The summed E-state index contributed by atoms with van der Waals surface area (Å²) in [4.78, 5) is 10.4. The predicted octanol–water partition coefficient (Wildman–Crippen LogP) is 2.69. The Kier molecular flexibility index (Phi) is 3.71. The number of alkyl halides is 1. The van der Waals surface area contributed by atoms with Crippen LogP contribution in [0, 0.1) is 10.1 Å². The largest absolute Gasteiger partial charge is 0.269 e. The van der Waals surface area contributed by atoms with Gasteiger partial charge in [-0.25, -0.2) is 4.68 Å². The summed E-state index contributed by atoms with van der Waals surface area (Å²) in [5.74, 6) is 0. The summed E-state index contributed by atoms with van der Waals surface area (Å²) >= 11 is 3.41. The van der Waals surface area contributed by atoms with Crippen molar-refractivity contribution in [1.29, 1.82) is 0 Å². The van der Waals surface area contributed by atoms with Crippen LogP contribution in [0.2, 0.25) is 0 Å². The second kappa shape index (κ2) is 5.26. The number of non-ortho nitro benzene ring substituents is 1. The van der Waals surface area contributed by atoms with Crippen LogP contribution >= 0.6 is 15.9 Å². The summed E-state index contributed by atoms with van der Waals surface area (Å²) in [5, 5.41) is 18.6. The Hall–Kier alpha value is -1.76. The molecule has 1 unspecified atom stereocenters. The fourth-order valence-electron chi connectivity index (χ4n) is 1.53. The van der Waals surface area contributed by atoms with Crippen LogP contribution in [0.5, 0.6) is 0 Å². The normalized spacial score (nSPS) is 12.3. The average molecular weight is 311 g/mol. The molecular weight excluding hydrogens is 300 g/mol. The maximum absolute atomic E-state index is 10.7. The molecule has 7 heteroatoms. The van der Waals surface area contributed by atoms with E-state index in [9.17, 15) is 10.1 Å². The first-order chi connectivity index (χ1) is 8.56. The van der Waals surface area contributed by atoms with Gasteiger partial charge in [0, 0.05) is 18.3 Å². The van der Waals surface area contributed by atoms with Crippen LogP contribution in [0.1, 0.15) is 23.0 Å². The lowest BCUT2D eigenvalue weighted by molar-refractivity contribution is -0.384. The highest BCUT2D eigenvalue weighted by molar-refractivity contribution is 9.09. The van der Waals surface area contributed by atoms with Gasteiger partial charge in [-0.1, -0.05) is 33.3 Å². The third-order valence-electron chi connectivity index (χ3n) is 2.43. The average Bonchev–Trinajstić information content (AvgIpc) is 2.78. The van der Waals surface area contributed by atoms with E-state index in [2.05, 4.69) is 26.2 Å². The monoisotopic (exact) mass is 310 g/mol. The van der Waals surface area contributed by atoms with E-state index in [0.29, 0.717) is 6.54 Å². The third kappa shape index (κ3) is 2.92. The predicted molar refractivity (Wildman–Crippen MR) is 69.6 cm³/mol. The standard InChI is InChI=1S/C11H11BrN4O2/c1-8(12)11-7-15(14-13-11)6-9-3-2-4-10(5-9)16(17)18/h2-5,7-8H,6H2,1H3. The number of nitrogens with zero attached hydrogens (tertiary/aromatic N) is 4. The highest BCUT2D eigenvalue weighted by atomic mass is 79.9. The van der Waals surface area contributed by atoms with E-state index in [-0.39, 0.29) is 10.5 Å². The van der Waals surface area contributed by atoms with Crippen molar-refractivity contribution in [1.82, 2.24) is 15.0 Å². The lowest BCUT2D eigenvalue weighted by atomic mass is 10.2. The van der Waals surface area contributed by atoms with Crippen LogP contribution in [0.25, 0.3) is 0 Å². The van der Waals surface area contributed by atoms with Crippen molar-refractivity contribution in [2.24, 2.45) is 0 Å². The van der Waals surface area contributed by atoms with Crippen LogP contribution < -0.4 is 0 Å². The molecule has 0 fully saturated rings. The van der Waals surface area contributed by atoms with Gasteiger partial charge >= 0.3 is 0 Å². The van der Waals surface area contributed by atoms with Gasteiger partial charge in [0.15, 0.2) is 0 Å². The van der Waals surface area contributed by atoms with Gasteiger partial charge in [0.1, 0.15) is 0 Å². The molecule has 1 heterocycles. The summed E-state index contributed by atoms with van der Waals surface area (Å²) in [7, 11) is 0. The molecule has 2 rings (SSSR count). The zero-order valence-electron chi connectivity index (χ0n) is 9.65. The number of nitro benzene ring substituents is 1. The van der Waals surface area contributed by atoms with E-state index in [1.807, 2.05) is 19.2 Å². The quantitative estimate of drug-likeness (QED) is 0.494. The van der Waals surface area contributed by atoms with E-state index < -0.39 is 4.92 Å². The molecule has 1 aromatic heterocycles. The lowest BCUT2D eigenvalue weighted by Crippen LogP contribution is -2.01. The summed E-state index contributed by atoms with van der Waals surface area (Å²) in [5.41, 5.74) is 1.74. The van der Waals surface area contributed by atoms with E-state index in [4.69, 9.17) is 0 Å². The summed E-state index contributed by atoms with van der Waals surface area (Å²) < 4.78 is 1.66. The number of halogens is 1. The molecule has 0 N–H and O–H groups in total. The van der Waals surface area contributed by atoms with Crippen molar-refractivity contribution >= 4 is 21.6 Å². The van der Waals surface area contributed by atoms with E-state index >= 15 is 0 Å². The summed E-state index contributed by atoms with van der Waals surface area (Å²) in [6.07, 6.45) is 1.82. The van der Waals surface area contributed by atoms with Crippen LogP contribution in [-0.2, 0) is 6.54 Å². The molecule has 1 aromatic carbocycles. The van der Waals surface area contributed by atoms with Crippen molar-refractivity contribution in [2.75, 3.05) is 0 Å². The number of aromatic nitrogens is 3. The molecule has 0 aliphatic carbocycles. The Morgan fingerprint density at radius 3 is 2.94 bits per heavy atom. The molecule has 0 spiro atoms. The van der Waals surface area contributed by atoms with E-state index in [0.717, 1.165) is 11.3 Å². The van der Waals surface area contributed by atoms with Crippen molar-refractivity contribution < 1.29 is 4.92 Å². The smallest absolute Gasteiger partial charge is 0.258 e. The SMILES string of the molecule is CC(Br)c1cn(Cc2cccc([N+](=O)[O-])c2)nn1. The van der Waals surface area contributed by atoms with Gasteiger partial charge in [-0.15, -0.1) is 5.10 Å². The second-order valence-electron chi connectivity index (χ2n) is 3.88. The van der Waals surface area contributed by atoms with Gasteiger partial charge in [0.05, 0.1) is 22.0 Å². The van der Waals surface area contributed by atoms with Crippen molar-refractivity contribution in [3.63, 3.8) is 0 Å². The molecule has 0 saturated heterocycles. The molecule has 0 amide bonds. The second-order valence-corrected chi connectivity index (χ2v) is 5.26. The number of rotatable bonds is 4. The van der Waals surface area contributed by atoms with Crippen LogP contribution in [-0.4, -0.2) is 19.9 Å². The molecule has 1 atom stereocenters. The molecular formula is C11H11BrN4O2. The summed E-state index contributed by atoms with van der Waals surface area (Å²) in [6, 6.07) is 6.50. The first kappa shape index (κ1) is 12.7. The summed E-state index contributed by atoms with van der Waals surface area (Å²) in [6.45, 7) is 2.43. The maximum atomic E-state index is 10.7. The van der Waals surface area contributed by atoms with Gasteiger partial charge in [0.2, 0.25) is 0 Å². The molecule has 0 radical (unpaired) electrons. The Morgan fingerprint density at radius 1 is 1.56 bits per heavy atom. The zero-order valence-corrected chi connectivity index (χ0v) is 11.2. The fourth-order valence-corrected chi connectivity index (χ4v) is 1.74. The van der Waals surface area contributed by atoms with Gasteiger partial charge in [0.25, 0.3) is 5.69 Å². The first-order valence-electron chi connectivity index (χ1n) is 5.33. The molecule has 18 heavy (non-hydrogen) atoms. The number of nitro groups is 1. The molecule has 0 aliphatic rings. The molecule has 2 aromatic rings. The number of hydrogen-bond acceptors (Lipinski definition) is 4. The van der Waals surface area contributed by atoms with Crippen molar-refractivity contribution in [3.05, 3.63) is 51.8 Å². The van der Waals surface area contributed by atoms with E-state index in [1.165, 1.54) is 6.07 Å². The molecule has 0 aliphatic heterocycles. The number of benzene rings is 1. The Balaban J connectivity index is 2.17. The molecule has 6 nitrogen and oxygen atoms in total. The first-order valence-corrected chi connectivity index (χ1v) is 6.25. The molecule has 0 bridgehead atoms. The van der Waals surface area contributed by atoms with Gasteiger partial charge in [-0.3, -0.25) is 10.1 Å². The van der Waals surface area contributed by atoms with Crippen LogP contribution in [0.15, 0.2) is 30.5 Å². The number of hydrogen-bond donors (Lipinski definition) is 0. The van der Waals surface area contributed by atoms with Crippen LogP contribution in [0.4, 0.5) is 5.69 Å². The molecule has 0 saturated carbocycles. The lowest BCUT2D eigenvalue weighted by Gasteiger charge is -2.00. The topological polar surface area (TPSA) is 73.8 Å². The van der Waals surface area contributed by atoms with Gasteiger partial charge in [-0.2, -0.15) is 0 Å².